The van der Waals surface area contributed by atoms with Crippen LogP contribution in [-0.2, 0) is 6.54 Å². The number of nitrogens with one attached hydrogen (secondary N) is 3. The largest absolute Gasteiger partial charge is 0.465 e. The number of benzene rings is 1. The minimum atomic E-state index is -0.976. The Labute approximate surface area is 198 Å². The van der Waals surface area contributed by atoms with Gasteiger partial charge < -0.3 is 21.5 Å². The summed E-state index contributed by atoms with van der Waals surface area (Å²) in [7, 11) is 0. The van der Waals surface area contributed by atoms with Crippen molar-refractivity contribution in [3.63, 3.8) is 0 Å². The number of nitrogens with two attached hydrogens (primary N) is 1. The highest BCUT2D eigenvalue weighted by Crippen LogP contribution is 2.28. The van der Waals surface area contributed by atoms with Gasteiger partial charge in [-0.3, -0.25) is 9.89 Å². The predicted molar refractivity (Wildman–Crippen MR) is 129 cm³/mol. The smallest absolute Gasteiger partial charge is 0.404 e. The van der Waals surface area contributed by atoms with Crippen molar-refractivity contribution in [2.24, 2.45) is 17.6 Å². The summed E-state index contributed by atoms with van der Waals surface area (Å²) in [6, 6.07) is 11.4. The Morgan fingerprint density at radius 3 is 2.29 bits per heavy atom. The number of H-pyrrole nitrogens is 1. The highest BCUT2D eigenvalue weighted by atomic mass is 16.4. The average Bonchev–Trinajstić information content (AvgIpc) is 3.41. The molecule has 4 rings (SSSR count). The predicted octanol–water partition coefficient (Wildman–Crippen LogP) is 3.40. The van der Waals surface area contributed by atoms with E-state index in [9.17, 15) is 9.59 Å². The van der Waals surface area contributed by atoms with Crippen molar-refractivity contribution in [3.05, 3.63) is 59.9 Å². The maximum absolute atomic E-state index is 13.1. The lowest BCUT2D eigenvalue weighted by Gasteiger charge is -2.28. The van der Waals surface area contributed by atoms with E-state index in [2.05, 4.69) is 20.8 Å². The van der Waals surface area contributed by atoms with Crippen molar-refractivity contribution >= 4 is 12.0 Å². The lowest BCUT2D eigenvalue weighted by Crippen LogP contribution is -2.34. The summed E-state index contributed by atoms with van der Waals surface area (Å²) >= 11 is 0. The Bertz CT molecular complexity index is 1120. The molecular weight excluding hydrogens is 432 g/mol. The molecule has 3 aromatic rings. The van der Waals surface area contributed by atoms with Gasteiger partial charge in [0, 0.05) is 42.5 Å². The third kappa shape index (κ3) is 5.99. The quantitative estimate of drug-likeness (QED) is 0.347. The SMILES string of the molecule is NCc1cccc(-c2cc(C(=O)NCC3CCC(CNC(=O)O)CC3)cc(-c3cn[nH]c3)n2)c1. The van der Waals surface area contributed by atoms with E-state index < -0.39 is 6.09 Å². The Morgan fingerprint density at radius 1 is 1.00 bits per heavy atom. The Morgan fingerprint density at radius 2 is 1.68 bits per heavy atom. The monoisotopic (exact) mass is 462 g/mol. The second-order valence-corrected chi connectivity index (χ2v) is 8.80. The summed E-state index contributed by atoms with van der Waals surface area (Å²) in [4.78, 5) is 28.6. The van der Waals surface area contributed by atoms with Crippen LogP contribution in [0.15, 0.2) is 48.8 Å². The van der Waals surface area contributed by atoms with Crippen molar-refractivity contribution < 1.29 is 14.7 Å². The van der Waals surface area contributed by atoms with Gasteiger partial charge in [-0.1, -0.05) is 18.2 Å². The summed E-state index contributed by atoms with van der Waals surface area (Å²) in [5.41, 5.74) is 10.4. The van der Waals surface area contributed by atoms with Crippen LogP contribution >= 0.6 is 0 Å². The topological polar surface area (TPSA) is 146 Å². The number of carbonyl (C=O) groups is 2. The summed E-state index contributed by atoms with van der Waals surface area (Å²) in [5.74, 6) is 0.617. The highest BCUT2D eigenvalue weighted by molar-refractivity contribution is 5.96. The van der Waals surface area contributed by atoms with Crippen LogP contribution in [0.2, 0.25) is 0 Å². The molecule has 6 N–H and O–H groups in total. The number of hydrogen-bond acceptors (Lipinski definition) is 5. The molecule has 0 unspecified atom stereocenters. The molecule has 34 heavy (non-hydrogen) atoms. The highest BCUT2D eigenvalue weighted by Gasteiger charge is 2.22. The first kappa shape index (κ1) is 23.4. The molecule has 178 valence electrons. The van der Waals surface area contributed by atoms with Crippen molar-refractivity contribution in [2.75, 3.05) is 13.1 Å². The molecule has 2 amide bonds. The number of hydrogen-bond donors (Lipinski definition) is 5. The minimum absolute atomic E-state index is 0.141. The molecule has 2 heterocycles. The molecule has 9 nitrogen and oxygen atoms in total. The number of amides is 2. The van der Waals surface area contributed by atoms with E-state index >= 15 is 0 Å². The van der Waals surface area contributed by atoms with Gasteiger partial charge in [-0.2, -0.15) is 5.10 Å². The lowest BCUT2D eigenvalue weighted by atomic mass is 9.82. The second-order valence-electron chi connectivity index (χ2n) is 8.80. The first-order chi connectivity index (χ1) is 16.5. The maximum atomic E-state index is 13.1. The zero-order chi connectivity index (χ0) is 23.9. The molecule has 0 atom stereocenters. The van der Waals surface area contributed by atoms with Gasteiger partial charge in [-0.15, -0.1) is 0 Å². The van der Waals surface area contributed by atoms with E-state index in [-0.39, 0.29) is 5.91 Å². The van der Waals surface area contributed by atoms with Gasteiger partial charge in [0.15, 0.2) is 0 Å². The fourth-order valence-electron chi connectivity index (χ4n) is 4.42. The number of carboxylic acid groups (broad SMARTS) is 1. The summed E-state index contributed by atoms with van der Waals surface area (Å²) in [5, 5.41) is 21.1. The molecule has 0 radical (unpaired) electrons. The van der Waals surface area contributed by atoms with Crippen LogP contribution in [0.1, 0.15) is 41.6 Å². The number of carbonyl (C=O) groups excluding carboxylic acids is 1. The molecule has 1 aliphatic rings. The molecule has 0 bridgehead atoms. The van der Waals surface area contributed by atoms with Crippen molar-refractivity contribution in [2.45, 2.75) is 32.2 Å². The fraction of sp³-hybridized carbons (Fsp3) is 0.360. The minimum Gasteiger partial charge on any atom is -0.465 e. The van der Waals surface area contributed by atoms with Crippen LogP contribution in [0, 0.1) is 11.8 Å². The average molecular weight is 463 g/mol. The van der Waals surface area contributed by atoms with Crippen LogP contribution in [0.3, 0.4) is 0 Å². The van der Waals surface area contributed by atoms with Gasteiger partial charge in [0.2, 0.25) is 0 Å². The third-order valence-corrected chi connectivity index (χ3v) is 6.40. The van der Waals surface area contributed by atoms with E-state index in [1.54, 1.807) is 18.5 Å². The van der Waals surface area contributed by atoms with Crippen molar-refractivity contribution in [3.8, 4) is 22.5 Å². The van der Waals surface area contributed by atoms with Gasteiger partial charge in [0.25, 0.3) is 5.91 Å². The Kier molecular flexibility index (Phi) is 7.54. The van der Waals surface area contributed by atoms with E-state index in [4.69, 9.17) is 15.8 Å². The van der Waals surface area contributed by atoms with Gasteiger partial charge in [0.05, 0.1) is 17.6 Å². The molecule has 0 saturated heterocycles. The van der Waals surface area contributed by atoms with Gasteiger partial charge in [-0.05, 0) is 61.3 Å². The Balaban J connectivity index is 1.46. The van der Waals surface area contributed by atoms with E-state index in [1.165, 1.54) is 0 Å². The molecular formula is C25H30N6O3. The fourth-order valence-corrected chi connectivity index (χ4v) is 4.42. The normalized spacial score (nSPS) is 17.8. The lowest BCUT2D eigenvalue weighted by molar-refractivity contribution is 0.0941. The molecule has 1 fully saturated rings. The zero-order valence-electron chi connectivity index (χ0n) is 19.0. The first-order valence-corrected chi connectivity index (χ1v) is 11.6. The van der Waals surface area contributed by atoms with Crippen molar-refractivity contribution in [1.29, 1.82) is 0 Å². The molecule has 1 aromatic carbocycles. The summed E-state index contributed by atoms with van der Waals surface area (Å²) in [6.45, 7) is 1.52. The van der Waals surface area contributed by atoms with E-state index in [0.29, 0.717) is 48.4 Å². The molecule has 2 aromatic heterocycles. The van der Waals surface area contributed by atoms with Gasteiger partial charge in [0.1, 0.15) is 0 Å². The standard InChI is InChI=1S/C25H30N6O3/c26-11-18-2-1-3-19(8-18)22-9-20(10-23(31-22)21-14-29-30-15-21)24(32)27-12-16-4-6-17(7-5-16)13-28-25(33)34/h1-3,8-10,14-17,28H,4-7,11-13,26H2,(H,27,32)(H,29,30)(H,33,34). The molecule has 9 heteroatoms. The molecule has 1 saturated carbocycles. The number of rotatable bonds is 8. The number of nitrogens with zero attached hydrogens (tertiary/aromatic N) is 2. The summed E-state index contributed by atoms with van der Waals surface area (Å²) < 4.78 is 0. The first-order valence-electron chi connectivity index (χ1n) is 11.6. The number of aromatic amines is 1. The van der Waals surface area contributed by atoms with Crippen LogP contribution < -0.4 is 16.4 Å². The van der Waals surface area contributed by atoms with Crippen LogP contribution in [0.5, 0.6) is 0 Å². The van der Waals surface area contributed by atoms with E-state index in [0.717, 1.165) is 42.4 Å². The van der Waals surface area contributed by atoms with Gasteiger partial charge in [-0.25, -0.2) is 9.78 Å². The maximum Gasteiger partial charge on any atom is 0.404 e. The van der Waals surface area contributed by atoms with E-state index in [1.807, 2.05) is 30.3 Å². The third-order valence-electron chi connectivity index (χ3n) is 6.40. The number of aromatic nitrogens is 3. The molecule has 0 spiro atoms. The van der Waals surface area contributed by atoms with Crippen LogP contribution in [0.25, 0.3) is 22.5 Å². The zero-order valence-corrected chi connectivity index (χ0v) is 19.0. The van der Waals surface area contributed by atoms with Crippen LogP contribution in [0.4, 0.5) is 4.79 Å². The van der Waals surface area contributed by atoms with Gasteiger partial charge >= 0.3 is 6.09 Å². The van der Waals surface area contributed by atoms with Crippen molar-refractivity contribution in [1.82, 2.24) is 25.8 Å². The molecule has 1 aliphatic carbocycles. The second kappa shape index (κ2) is 10.9. The van der Waals surface area contributed by atoms with Crippen LogP contribution in [-0.4, -0.2) is 45.4 Å². The molecule has 0 aliphatic heterocycles. The number of pyridine rings is 1. The Hall–Kier alpha value is -3.72. The summed E-state index contributed by atoms with van der Waals surface area (Å²) in [6.07, 6.45) is 6.32.